The van der Waals surface area contributed by atoms with Crippen LogP contribution in [0, 0.1) is 5.92 Å². The summed E-state index contributed by atoms with van der Waals surface area (Å²) in [5.41, 5.74) is 6.12. The zero-order valence-electron chi connectivity index (χ0n) is 12.0. The first kappa shape index (κ1) is 17.8. The number of hydrogen-bond donors (Lipinski definition) is 3. The second-order valence-corrected chi connectivity index (χ2v) is 5.97. The number of nitrogens with two attached hydrogens (primary N) is 1. The number of carbonyl (C=O) groups is 2. The zero-order valence-corrected chi connectivity index (χ0v) is 13.5. The van der Waals surface area contributed by atoms with Crippen molar-refractivity contribution in [3.8, 4) is 0 Å². The van der Waals surface area contributed by atoms with Crippen LogP contribution in [0.3, 0.4) is 0 Å². The highest BCUT2D eigenvalue weighted by Gasteiger charge is 2.16. The second-order valence-electron chi connectivity index (χ2n) is 5.13. The van der Waals surface area contributed by atoms with Crippen molar-refractivity contribution >= 4 is 40.7 Å². The fourth-order valence-corrected chi connectivity index (χ4v) is 2.04. The SMILES string of the molecule is CC(C)C[C@H](N)C(=O)NCC(=O)Nc1cc(Cl)ccc1Cl. The highest BCUT2D eigenvalue weighted by atomic mass is 35.5. The molecule has 0 spiro atoms. The molecule has 0 aromatic heterocycles. The topological polar surface area (TPSA) is 84.2 Å². The van der Waals surface area contributed by atoms with E-state index in [2.05, 4.69) is 10.6 Å². The van der Waals surface area contributed by atoms with Gasteiger partial charge in [0.1, 0.15) is 0 Å². The Labute approximate surface area is 134 Å². The molecule has 1 atom stereocenters. The van der Waals surface area contributed by atoms with Gasteiger partial charge in [-0.3, -0.25) is 9.59 Å². The minimum atomic E-state index is -0.618. The summed E-state index contributed by atoms with van der Waals surface area (Å²) >= 11 is 11.8. The Morgan fingerprint density at radius 3 is 2.57 bits per heavy atom. The van der Waals surface area contributed by atoms with Gasteiger partial charge in [0, 0.05) is 5.02 Å². The van der Waals surface area contributed by atoms with Gasteiger partial charge in [-0.2, -0.15) is 0 Å². The molecule has 5 nitrogen and oxygen atoms in total. The predicted molar refractivity (Wildman–Crippen MR) is 85.5 cm³/mol. The summed E-state index contributed by atoms with van der Waals surface area (Å²) < 4.78 is 0. The number of hydrogen-bond acceptors (Lipinski definition) is 3. The summed E-state index contributed by atoms with van der Waals surface area (Å²) in [5, 5.41) is 5.89. The molecule has 1 aromatic rings. The minimum absolute atomic E-state index is 0.173. The molecule has 0 unspecified atom stereocenters. The van der Waals surface area contributed by atoms with E-state index in [-0.39, 0.29) is 12.5 Å². The van der Waals surface area contributed by atoms with Crippen LogP contribution in [0.15, 0.2) is 18.2 Å². The van der Waals surface area contributed by atoms with Crippen molar-refractivity contribution in [2.75, 3.05) is 11.9 Å². The van der Waals surface area contributed by atoms with Crippen molar-refractivity contribution in [3.05, 3.63) is 28.2 Å². The van der Waals surface area contributed by atoms with Gasteiger partial charge in [-0.05, 0) is 30.5 Å². The van der Waals surface area contributed by atoms with E-state index in [9.17, 15) is 9.59 Å². The van der Waals surface area contributed by atoms with Gasteiger partial charge in [-0.25, -0.2) is 0 Å². The lowest BCUT2D eigenvalue weighted by Crippen LogP contribution is -2.44. The molecule has 0 saturated heterocycles. The molecule has 2 amide bonds. The molecule has 116 valence electrons. The molecule has 1 rings (SSSR count). The molecular formula is C14H19Cl2N3O2. The Bertz CT molecular complexity index is 521. The molecule has 1 aromatic carbocycles. The van der Waals surface area contributed by atoms with Gasteiger partial charge in [0.2, 0.25) is 11.8 Å². The van der Waals surface area contributed by atoms with E-state index in [0.717, 1.165) is 0 Å². The lowest BCUT2D eigenvalue weighted by Gasteiger charge is -2.14. The number of carbonyl (C=O) groups excluding carboxylic acids is 2. The van der Waals surface area contributed by atoms with Crippen LogP contribution in [-0.4, -0.2) is 24.4 Å². The van der Waals surface area contributed by atoms with Gasteiger partial charge in [0.05, 0.1) is 23.3 Å². The molecule has 0 aliphatic heterocycles. The number of benzene rings is 1. The van der Waals surface area contributed by atoms with Gasteiger partial charge in [-0.1, -0.05) is 37.0 Å². The highest BCUT2D eigenvalue weighted by Crippen LogP contribution is 2.25. The van der Waals surface area contributed by atoms with E-state index in [1.165, 1.54) is 6.07 Å². The molecule has 7 heteroatoms. The summed E-state index contributed by atoms with van der Waals surface area (Å²) in [7, 11) is 0. The van der Waals surface area contributed by atoms with E-state index in [4.69, 9.17) is 28.9 Å². The largest absolute Gasteiger partial charge is 0.346 e. The Kier molecular flexibility index (Phi) is 6.95. The van der Waals surface area contributed by atoms with Crippen LogP contribution in [0.5, 0.6) is 0 Å². The molecule has 0 fully saturated rings. The average molecular weight is 332 g/mol. The number of rotatable bonds is 6. The summed E-state index contributed by atoms with van der Waals surface area (Å²) in [4.78, 5) is 23.5. The maximum Gasteiger partial charge on any atom is 0.243 e. The van der Waals surface area contributed by atoms with Gasteiger partial charge in [0.15, 0.2) is 0 Å². The first-order valence-electron chi connectivity index (χ1n) is 6.57. The molecule has 4 N–H and O–H groups in total. The van der Waals surface area contributed by atoms with Gasteiger partial charge >= 0.3 is 0 Å². The summed E-state index contributed by atoms with van der Waals surface area (Å²) in [6, 6.07) is 4.12. The van der Waals surface area contributed by atoms with Crippen molar-refractivity contribution < 1.29 is 9.59 Å². The maximum atomic E-state index is 11.8. The van der Waals surface area contributed by atoms with Crippen molar-refractivity contribution in [1.82, 2.24) is 5.32 Å². The van der Waals surface area contributed by atoms with E-state index < -0.39 is 11.9 Å². The molecule has 0 heterocycles. The molecule has 0 bridgehead atoms. The Morgan fingerprint density at radius 2 is 1.95 bits per heavy atom. The van der Waals surface area contributed by atoms with Gasteiger partial charge < -0.3 is 16.4 Å². The number of halogens is 2. The smallest absolute Gasteiger partial charge is 0.243 e. The highest BCUT2D eigenvalue weighted by molar-refractivity contribution is 6.35. The fraction of sp³-hybridized carbons (Fsp3) is 0.429. The van der Waals surface area contributed by atoms with Crippen LogP contribution < -0.4 is 16.4 Å². The Hall–Kier alpha value is -1.30. The molecule has 0 aliphatic carbocycles. The molecule has 0 radical (unpaired) electrons. The van der Waals surface area contributed by atoms with Crippen molar-refractivity contribution in [1.29, 1.82) is 0 Å². The predicted octanol–water partition coefficient (Wildman–Crippen LogP) is 2.42. The van der Waals surface area contributed by atoms with E-state index >= 15 is 0 Å². The number of amides is 2. The van der Waals surface area contributed by atoms with Crippen LogP contribution >= 0.6 is 23.2 Å². The van der Waals surface area contributed by atoms with E-state index in [1.54, 1.807) is 12.1 Å². The van der Waals surface area contributed by atoms with Gasteiger partial charge in [0.25, 0.3) is 0 Å². The van der Waals surface area contributed by atoms with Crippen molar-refractivity contribution in [2.24, 2.45) is 11.7 Å². The first-order valence-corrected chi connectivity index (χ1v) is 7.33. The molecular weight excluding hydrogens is 313 g/mol. The minimum Gasteiger partial charge on any atom is -0.346 e. The van der Waals surface area contributed by atoms with Crippen LogP contribution in [-0.2, 0) is 9.59 Å². The van der Waals surface area contributed by atoms with Crippen molar-refractivity contribution in [3.63, 3.8) is 0 Å². The maximum absolute atomic E-state index is 11.8. The van der Waals surface area contributed by atoms with Crippen LogP contribution in [0.2, 0.25) is 10.0 Å². The lowest BCUT2D eigenvalue weighted by molar-refractivity contribution is -0.125. The third-order valence-corrected chi connectivity index (χ3v) is 3.25. The Balaban J connectivity index is 2.47. The quantitative estimate of drug-likeness (QED) is 0.748. The standard InChI is InChI=1S/C14H19Cl2N3O2/c1-8(2)5-11(17)14(21)18-7-13(20)19-12-6-9(15)3-4-10(12)16/h3-4,6,8,11H,5,7,17H2,1-2H3,(H,18,21)(H,19,20)/t11-/m0/s1. The monoisotopic (exact) mass is 331 g/mol. The number of anilines is 1. The first-order chi connectivity index (χ1) is 9.79. The molecule has 0 aliphatic rings. The molecule has 21 heavy (non-hydrogen) atoms. The van der Waals surface area contributed by atoms with Gasteiger partial charge in [-0.15, -0.1) is 0 Å². The third-order valence-electron chi connectivity index (χ3n) is 2.69. The summed E-state index contributed by atoms with van der Waals surface area (Å²) in [6.07, 6.45) is 0.563. The van der Waals surface area contributed by atoms with Crippen LogP contribution in [0.25, 0.3) is 0 Å². The zero-order chi connectivity index (χ0) is 16.0. The molecule has 0 saturated carbocycles. The average Bonchev–Trinajstić information content (AvgIpc) is 2.39. The Morgan fingerprint density at radius 1 is 1.29 bits per heavy atom. The third kappa shape index (κ3) is 6.33. The normalized spacial score (nSPS) is 12.1. The van der Waals surface area contributed by atoms with E-state index in [0.29, 0.717) is 28.1 Å². The second kappa shape index (κ2) is 8.22. The summed E-state index contributed by atoms with van der Waals surface area (Å²) in [5.74, 6) is -0.440. The van der Waals surface area contributed by atoms with E-state index in [1.807, 2.05) is 13.8 Å². The lowest BCUT2D eigenvalue weighted by atomic mass is 10.0. The number of nitrogens with one attached hydrogen (secondary N) is 2. The fourth-order valence-electron chi connectivity index (χ4n) is 1.70. The van der Waals surface area contributed by atoms with Crippen molar-refractivity contribution in [2.45, 2.75) is 26.3 Å². The summed E-state index contributed by atoms with van der Waals surface area (Å²) in [6.45, 7) is 3.77. The van der Waals surface area contributed by atoms with Crippen LogP contribution in [0.4, 0.5) is 5.69 Å². The van der Waals surface area contributed by atoms with Crippen LogP contribution in [0.1, 0.15) is 20.3 Å².